The number of allylic oxidation sites excluding steroid dienone is 3. The summed E-state index contributed by atoms with van der Waals surface area (Å²) in [5.41, 5.74) is 12.9. The normalized spacial score (nSPS) is 15.2. The molecule has 1 aromatic carbocycles. The van der Waals surface area contributed by atoms with Gasteiger partial charge in [-0.1, -0.05) is 35.9 Å². The highest BCUT2D eigenvalue weighted by Crippen LogP contribution is 2.29. The number of nitrogens with zero attached hydrogens (tertiary/aromatic N) is 3. The van der Waals surface area contributed by atoms with E-state index in [0.717, 1.165) is 52.2 Å². The van der Waals surface area contributed by atoms with E-state index < -0.39 is 0 Å². The van der Waals surface area contributed by atoms with E-state index in [1.165, 1.54) is 18.4 Å². The highest BCUT2D eigenvalue weighted by molar-refractivity contribution is 6.12. The third-order valence-electron chi connectivity index (χ3n) is 5.60. The van der Waals surface area contributed by atoms with Gasteiger partial charge in [0, 0.05) is 24.8 Å². The molecule has 1 aliphatic carbocycles. The number of nitrogens with two attached hydrogens (primary N) is 1. The molecular weight excluding hydrogens is 382 g/mol. The number of hydrogen-bond donors (Lipinski definition) is 2. The predicted molar refractivity (Wildman–Crippen MR) is 129 cm³/mol. The molecule has 4 rings (SSSR count). The van der Waals surface area contributed by atoms with Crippen molar-refractivity contribution in [3.63, 3.8) is 0 Å². The molecule has 3 aromatic rings. The fourth-order valence-electron chi connectivity index (χ4n) is 3.61. The number of imidazole rings is 1. The SMILES string of the molecule is C\C=C/C(=N\C(=C/C)NCC1CC1)c1c(-c2ccc(C)cc2)nc2cc(CN)ccn12. The van der Waals surface area contributed by atoms with Crippen LogP contribution in [0.2, 0.25) is 0 Å². The first-order valence-corrected chi connectivity index (χ1v) is 11.0. The van der Waals surface area contributed by atoms with Crippen LogP contribution >= 0.6 is 0 Å². The molecule has 1 fully saturated rings. The van der Waals surface area contributed by atoms with Gasteiger partial charge in [0.1, 0.15) is 11.5 Å². The fourth-order valence-corrected chi connectivity index (χ4v) is 3.61. The maximum atomic E-state index is 5.88. The van der Waals surface area contributed by atoms with Crippen molar-refractivity contribution in [1.29, 1.82) is 0 Å². The Bertz CT molecular complexity index is 1140. The molecule has 3 N–H and O–H groups in total. The van der Waals surface area contributed by atoms with Gasteiger partial charge in [0.15, 0.2) is 0 Å². The molecule has 2 heterocycles. The van der Waals surface area contributed by atoms with Gasteiger partial charge >= 0.3 is 0 Å². The summed E-state index contributed by atoms with van der Waals surface area (Å²) in [4.78, 5) is 10.0. The zero-order valence-corrected chi connectivity index (χ0v) is 18.6. The second-order valence-corrected chi connectivity index (χ2v) is 8.14. The molecular formula is C26H31N5. The second-order valence-electron chi connectivity index (χ2n) is 8.14. The number of nitrogens with one attached hydrogen (secondary N) is 1. The lowest BCUT2D eigenvalue weighted by Gasteiger charge is -2.10. The summed E-state index contributed by atoms with van der Waals surface area (Å²) in [6.45, 7) is 7.60. The van der Waals surface area contributed by atoms with Crippen molar-refractivity contribution in [3.05, 3.63) is 83.5 Å². The zero-order chi connectivity index (χ0) is 21.8. The molecule has 0 atom stereocenters. The van der Waals surface area contributed by atoms with E-state index in [9.17, 15) is 0 Å². The minimum Gasteiger partial charge on any atom is -0.370 e. The minimum atomic E-state index is 0.488. The van der Waals surface area contributed by atoms with Crippen LogP contribution in [0.25, 0.3) is 16.9 Å². The third-order valence-corrected chi connectivity index (χ3v) is 5.60. The van der Waals surface area contributed by atoms with Crippen LogP contribution in [0.5, 0.6) is 0 Å². The van der Waals surface area contributed by atoms with E-state index in [0.29, 0.717) is 6.54 Å². The van der Waals surface area contributed by atoms with Crippen LogP contribution in [0, 0.1) is 12.8 Å². The van der Waals surface area contributed by atoms with Gasteiger partial charge in [-0.05, 0) is 69.4 Å². The minimum absolute atomic E-state index is 0.488. The molecule has 0 amide bonds. The van der Waals surface area contributed by atoms with Crippen LogP contribution in [0.3, 0.4) is 0 Å². The van der Waals surface area contributed by atoms with Crippen LogP contribution in [0.1, 0.15) is 43.5 Å². The molecule has 1 saturated carbocycles. The lowest BCUT2D eigenvalue weighted by atomic mass is 10.1. The third kappa shape index (κ3) is 4.78. The number of hydrogen-bond acceptors (Lipinski definition) is 4. The Hall–Kier alpha value is -3.18. The number of pyridine rings is 1. The Labute approximate surface area is 184 Å². The van der Waals surface area contributed by atoms with Gasteiger partial charge in [0.25, 0.3) is 0 Å². The van der Waals surface area contributed by atoms with Crippen LogP contribution < -0.4 is 11.1 Å². The van der Waals surface area contributed by atoms with E-state index in [1.807, 2.05) is 38.3 Å². The van der Waals surface area contributed by atoms with Crippen LogP contribution in [-0.4, -0.2) is 21.6 Å². The highest BCUT2D eigenvalue weighted by atomic mass is 15.1. The monoisotopic (exact) mass is 413 g/mol. The molecule has 0 spiro atoms. The largest absolute Gasteiger partial charge is 0.370 e. The van der Waals surface area contributed by atoms with Crippen LogP contribution in [-0.2, 0) is 6.54 Å². The Morgan fingerprint density at radius 1 is 1.23 bits per heavy atom. The molecule has 31 heavy (non-hydrogen) atoms. The van der Waals surface area contributed by atoms with E-state index in [-0.39, 0.29) is 0 Å². The van der Waals surface area contributed by atoms with Gasteiger partial charge in [0.05, 0.1) is 17.1 Å². The van der Waals surface area contributed by atoms with Gasteiger partial charge in [0.2, 0.25) is 0 Å². The van der Waals surface area contributed by atoms with Crippen molar-refractivity contribution in [3.8, 4) is 11.3 Å². The quantitative estimate of drug-likeness (QED) is 0.511. The number of aryl methyl sites for hydroxylation is 1. The Balaban J connectivity index is 1.87. The Morgan fingerprint density at radius 2 is 2.00 bits per heavy atom. The van der Waals surface area contributed by atoms with Gasteiger partial charge in [-0.15, -0.1) is 0 Å². The summed E-state index contributed by atoms with van der Waals surface area (Å²) in [6, 6.07) is 12.6. The van der Waals surface area contributed by atoms with E-state index in [2.05, 4.69) is 53.0 Å². The van der Waals surface area contributed by atoms with Gasteiger partial charge in [-0.3, -0.25) is 4.40 Å². The summed E-state index contributed by atoms with van der Waals surface area (Å²) >= 11 is 0. The van der Waals surface area contributed by atoms with E-state index in [4.69, 9.17) is 15.7 Å². The molecule has 0 unspecified atom stereocenters. The van der Waals surface area contributed by atoms with Crippen molar-refractivity contribution < 1.29 is 0 Å². The summed E-state index contributed by atoms with van der Waals surface area (Å²) in [6.07, 6.45) is 10.8. The average Bonchev–Trinajstić information content (AvgIpc) is 3.54. The molecule has 1 aliphatic rings. The van der Waals surface area contributed by atoms with Crippen molar-refractivity contribution in [1.82, 2.24) is 14.7 Å². The lowest BCUT2D eigenvalue weighted by Crippen LogP contribution is -2.16. The molecule has 0 saturated heterocycles. The van der Waals surface area contributed by atoms with E-state index >= 15 is 0 Å². The number of aliphatic imine (C=N–C) groups is 1. The predicted octanol–water partition coefficient (Wildman–Crippen LogP) is 4.99. The molecule has 2 aromatic heterocycles. The topological polar surface area (TPSA) is 67.7 Å². The number of fused-ring (bicyclic) bond motifs is 1. The van der Waals surface area contributed by atoms with Gasteiger partial charge < -0.3 is 11.1 Å². The summed E-state index contributed by atoms with van der Waals surface area (Å²) in [7, 11) is 0. The first-order valence-electron chi connectivity index (χ1n) is 11.0. The number of aromatic nitrogens is 2. The summed E-state index contributed by atoms with van der Waals surface area (Å²) < 4.78 is 2.11. The highest BCUT2D eigenvalue weighted by Gasteiger charge is 2.21. The first-order chi connectivity index (χ1) is 15.1. The molecule has 5 nitrogen and oxygen atoms in total. The summed E-state index contributed by atoms with van der Waals surface area (Å²) in [5.74, 6) is 1.67. The molecule has 0 aliphatic heterocycles. The average molecular weight is 414 g/mol. The van der Waals surface area contributed by atoms with Gasteiger partial charge in [-0.25, -0.2) is 9.98 Å². The second kappa shape index (κ2) is 9.31. The molecule has 5 heteroatoms. The maximum Gasteiger partial charge on any atom is 0.138 e. The smallest absolute Gasteiger partial charge is 0.138 e. The van der Waals surface area contributed by atoms with Crippen LogP contribution in [0.4, 0.5) is 0 Å². The van der Waals surface area contributed by atoms with Crippen molar-refractivity contribution in [2.24, 2.45) is 16.6 Å². The van der Waals surface area contributed by atoms with E-state index in [1.54, 1.807) is 0 Å². The standard InChI is InChI=1S/C26H31N5/c1-4-6-22(29-23(5-2)28-17-19-9-10-19)26-25(21-11-7-18(3)8-12-21)30-24-15-20(16-27)13-14-31(24)26/h4-8,11-15,19,28H,9-10,16-17,27H2,1-3H3/b6-4-,23-5-,29-22+. The first kappa shape index (κ1) is 21.1. The lowest BCUT2D eigenvalue weighted by molar-refractivity contribution is 0.710. The molecule has 0 radical (unpaired) electrons. The van der Waals surface area contributed by atoms with Crippen molar-refractivity contribution >= 4 is 11.4 Å². The fraction of sp³-hybridized carbons (Fsp3) is 0.308. The Kier molecular flexibility index (Phi) is 6.33. The zero-order valence-electron chi connectivity index (χ0n) is 18.6. The molecule has 160 valence electrons. The number of rotatable bonds is 8. The molecule has 0 bridgehead atoms. The van der Waals surface area contributed by atoms with Gasteiger partial charge in [-0.2, -0.15) is 0 Å². The van der Waals surface area contributed by atoms with Crippen molar-refractivity contribution in [2.45, 2.75) is 40.2 Å². The van der Waals surface area contributed by atoms with Crippen LogP contribution in [0.15, 0.2) is 71.6 Å². The Morgan fingerprint density at radius 3 is 2.65 bits per heavy atom. The summed E-state index contributed by atoms with van der Waals surface area (Å²) in [5, 5.41) is 3.51. The van der Waals surface area contributed by atoms with Crippen molar-refractivity contribution in [2.75, 3.05) is 6.54 Å². The number of benzene rings is 1. The maximum absolute atomic E-state index is 5.88.